The van der Waals surface area contributed by atoms with Crippen LogP contribution in [0.4, 0.5) is 13.2 Å². The lowest BCUT2D eigenvalue weighted by molar-refractivity contribution is -0.137. The molecule has 0 saturated carbocycles. The molecule has 3 aromatic rings. The van der Waals surface area contributed by atoms with E-state index in [1.165, 1.54) is 23.9 Å². The number of hydrogen-bond acceptors (Lipinski definition) is 3. The molecular formula is C21H21ClF3N3O. The molecule has 1 N–H and O–H groups in total. The van der Waals surface area contributed by atoms with Gasteiger partial charge in [-0.15, -0.1) is 0 Å². The summed E-state index contributed by atoms with van der Waals surface area (Å²) < 4.78 is 45.3. The second-order valence-corrected chi connectivity index (χ2v) is 7.17. The Morgan fingerprint density at radius 3 is 2.31 bits per heavy atom. The summed E-state index contributed by atoms with van der Waals surface area (Å²) in [5.41, 5.74) is 1.52. The Kier molecular flexibility index (Phi) is 6.19. The minimum Gasteiger partial charge on any atom is -0.481 e. The molecule has 0 amide bonds. The van der Waals surface area contributed by atoms with Crippen molar-refractivity contribution in [2.45, 2.75) is 32.1 Å². The molecule has 4 nitrogen and oxygen atoms in total. The van der Waals surface area contributed by atoms with E-state index in [4.69, 9.17) is 16.3 Å². The van der Waals surface area contributed by atoms with Crippen LogP contribution in [0.25, 0.3) is 5.69 Å². The topological polar surface area (TPSA) is 39.1 Å². The number of rotatable bonds is 6. The summed E-state index contributed by atoms with van der Waals surface area (Å²) in [5.74, 6) is 0.434. The maximum atomic E-state index is 12.8. The van der Waals surface area contributed by atoms with Gasteiger partial charge in [-0.2, -0.15) is 18.3 Å². The van der Waals surface area contributed by atoms with Crippen molar-refractivity contribution in [3.63, 3.8) is 0 Å². The summed E-state index contributed by atoms with van der Waals surface area (Å²) in [7, 11) is 1.49. The number of nitrogens with one attached hydrogen (secondary N) is 1. The summed E-state index contributed by atoms with van der Waals surface area (Å²) in [6, 6.07) is 14.0. The molecule has 2 atom stereocenters. The van der Waals surface area contributed by atoms with Crippen molar-refractivity contribution >= 4 is 11.6 Å². The first kappa shape index (κ1) is 21.2. The third-order valence-corrected chi connectivity index (χ3v) is 4.87. The molecule has 0 radical (unpaired) electrons. The number of aromatic nitrogens is 2. The SMILES string of the molecule is COc1cc(C(C)N[C@H](C)c2cccc(Cl)c2)nn1-c1ccc(C(F)(F)F)cc1. The first-order valence-corrected chi connectivity index (χ1v) is 9.40. The average molecular weight is 424 g/mol. The van der Waals surface area contributed by atoms with Gasteiger partial charge in [0.15, 0.2) is 0 Å². The van der Waals surface area contributed by atoms with E-state index in [9.17, 15) is 13.2 Å². The summed E-state index contributed by atoms with van der Waals surface area (Å²) in [6.07, 6.45) is -4.38. The molecule has 3 rings (SSSR count). The van der Waals surface area contributed by atoms with E-state index < -0.39 is 11.7 Å². The number of halogens is 4. The van der Waals surface area contributed by atoms with Crippen molar-refractivity contribution < 1.29 is 17.9 Å². The van der Waals surface area contributed by atoms with Crippen LogP contribution < -0.4 is 10.1 Å². The number of methoxy groups -OCH3 is 1. The lowest BCUT2D eigenvalue weighted by atomic mass is 10.1. The van der Waals surface area contributed by atoms with Crippen LogP contribution in [0.2, 0.25) is 5.02 Å². The quantitative estimate of drug-likeness (QED) is 0.531. The highest BCUT2D eigenvalue weighted by Gasteiger charge is 2.30. The van der Waals surface area contributed by atoms with Crippen LogP contribution >= 0.6 is 11.6 Å². The normalized spacial score (nSPS) is 13.9. The van der Waals surface area contributed by atoms with E-state index in [0.29, 0.717) is 22.3 Å². The van der Waals surface area contributed by atoms with Gasteiger partial charge in [0, 0.05) is 23.2 Å². The Hall–Kier alpha value is -2.51. The van der Waals surface area contributed by atoms with Gasteiger partial charge in [-0.1, -0.05) is 23.7 Å². The summed E-state index contributed by atoms with van der Waals surface area (Å²) >= 11 is 6.06. The molecule has 1 unspecified atom stereocenters. The van der Waals surface area contributed by atoms with Crippen molar-refractivity contribution in [2.75, 3.05) is 7.11 Å². The maximum absolute atomic E-state index is 12.8. The van der Waals surface area contributed by atoms with E-state index >= 15 is 0 Å². The third kappa shape index (κ3) is 4.92. The van der Waals surface area contributed by atoms with Gasteiger partial charge in [-0.25, -0.2) is 4.68 Å². The zero-order valence-corrected chi connectivity index (χ0v) is 16.9. The largest absolute Gasteiger partial charge is 0.481 e. The van der Waals surface area contributed by atoms with Gasteiger partial charge in [0.2, 0.25) is 5.88 Å². The fourth-order valence-electron chi connectivity index (χ4n) is 3.05. The van der Waals surface area contributed by atoms with Crippen molar-refractivity contribution in [2.24, 2.45) is 0 Å². The number of nitrogens with zero attached hydrogens (tertiary/aromatic N) is 2. The summed E-state index contributed by atoms with van der Waals surface area (Å²) in [6.45, 7) is 3.98. The van der Waals surface area contributed by atoms with Gasteiger partial charge in [-0.05, 0) is 55.8 Å². The molecule has 2 aromatic carbocycles. The van der Waals surface area contributed by atoms with E-state index in [1.54, 1.807) is 6.07 Å². The molecule has 154 valence electrons. The second kappa shape index (κ2) is 8.47. The first-order chi connectivity index (χ1) is 13.7. The fourth-order valence-corrected chi connectivity index (χ4v) is 3.25. The highest BCUT2D eigenvalue weighted by atomic mass is 35.5. The minimum atomic E-state index is -4.38. The van der Waals surface area contributed by atoms with E-state index in [0.717, 1.165) is 17.7 Å². The Labute approximate surface area is 172 Å². The predicted octanol–water partition coefficient (Wildman–Crippen LogP) is 5.96. The van der Waals surface area contributed by atoms with Gasteiger partial charge in [0.05, 0.1) is 24.1 Å². The summed E-state index contributed by atoms with van der Waals surface area (Å²) in [4.78, 5) is 0. The minimum absolute atomic E-state index is 0.0194. The Morgan fingerprint density at radius 1 is 1.03 bits per heavy atom. The molecule has 0 bridgehead atoms. The molecule has 0 aliphatic carbocycles. The highest BCUT2D eigenvalue weighted by Crippen LogP contribution is 2.31. The number of alkyl halides is 3. The predicted molar refractivity (Wildman–Crippen MR) is 107 cm³/mol. The Morgan fingerprint density at radius 2 is 1.72 bits per heavy atom. The highest BCUT2D eigenvalue weighted by molar-refractivity contribution is 6.30. The number of ether oxygens (including phenoxy) is 1. The fraction of sp³-hybridized carbons (Fsp3) is 0.286. The van der Waals surface area contributed by atoms with Gasteiger partial charge < -0.3 is 10.1 Å². The molecule has 0 aliphatic rings. The van der Waals surface area contributed by atoms with Crippen LogP contribution in [0, 0.1) is 0 Å². The molecule has 29 heavy (non-hydrogen) atoms. The van der Waals surface area contributed by atoms with E-state index in [1.807, 2.05) is 38.1 Å². The van der Waals surface area contributed by atoms with Gasteiger partial charge in [0.1, 0.15) is 0 Å². The van der Waals surface area contributed by atoms with Crippen LogP contribution in [0.3, 0.4) is 0 Å². The van der Waals surface area contributed by atoms with Crippen LogP contribution in [0.5, 0.6) is 5.88 Å². The lowest BCUT2D eigenvalue weighted by Gasteiger charge is -2.19. The van der Waals surface area contributed by atoms with Crippen LogP contribution in [0.1, 0.15) is 42.8 Å². The third-order valence-electron chi connectivity index (χ3n) is 4.64. The van der Waals surface area contributed by atoms with E-state index in [-0.39, 0.29) is 12.1 Å². The molecule has 1 heterocycles. The standard InChI is InChI=1S/C21H21ClF3N3O/c1-13(15-5-4-6-17(22)11-15)26-14(2)19-12-20(29-3)28(27-19)18-9-7-16(8-10-18)21(23,24)25/h4-14,26H,1-3H3/t13-,14?/m1/s1. The Bertz CT molecular complexity index is 970. The van der Waals surface area contributed by atoms with Crippen molar-refractivity contribution in [3.05, 3.63) is 76.4 Å². The van der Waals surface area contributed by atoms with E-state index in [2.05, 4.69) is 10.4 Å². The van der Waals surface area contributed by atoms with Gasteiger partial charge in [-0.3, -0.25) is 0 Å². The zero-order chi connectivity index (χ0) is 21.2. The van der Waals surface area contributed by atoms with Crippen molar-refractivity contribution in [1.29, 1.82) is 0 Å². The number of benzene rings is 2. The summed E-state index contributed by atoms with van der Waals surface area (Å²) in [5, 5.41) is 8.64. The number of hydrogen-bond donors (Lipinski definition) is 1. The van der Waals surface area contributed by atoms with Crippen LogP contribution in [0.15, 0.2) is 54.6 Å². The second-order valence-electron chi connectivity index (χ2n) is 6.73. The molecule has 0 saturated heterocycles. The molecule has 0 spiro atoms. The molecule has 0 fully saturated rings. The van der Waals surface area contributed by atoms with Crippen molar-refractivity contribution in [3.8, 4) is 11.6 Å². The molecule has 1 aromatic heterocycles. The maximum Gasteiger partial charge on any atom is 0.416 e. The smallest absolute Gasteiger partial charge is 0.416 e. The molecule has 8 heteroatoms. The lowest BCUT2D eigenvalue weighted by Crippen LogP contribution is -2.23. The Balaban J connectivity index is 1.82. The monoisotopic (exact) mass is 423 g/mol. The molecular weight excluding hydrogens is 403 g/mol. The van der Waals surface area contributed by atoms with Crippen LogP contribution in [-0.2, 0) is 6.18 Å². The molecule has 0 aliphatic heterocycles. The van der Waals surface area contributed by atoms with Gasteiger partial charge >= 0.3 is 6.18 Å². The average Bonchev–Trinajstić information content (AvgIpc) is 3.12. The van der Waals surface area contributed by atoms with Crippen molar-refractivity contribution in [1.82, 2.24) is 15.1 Å². The first-order valence-electron chi connectivity index (χ1n) is 9.02. The zero-order valence-electron chi connectivity index (χ0n) is 16.2. The van der Waals surface area contributed by atoms with Gasteiger partial charge in [0.25, 0.3) is 0 Å². The van der Waals surface area contributed by atoms with Crippen LogP contribution in [-0.4, -0.2) is 16.9 Å².